The fraction of sp³-hybridized carbons (Fsp3) is 0.600. The number of rotatable bonds is 5. The largest absolute Gasteiger partial charge is 0.391 e. The first kappa shape index (κ1) is 13.2. The molecule has 0 aromatic carbocycles. The summed E-state index contributed by atoms with van der Waals surface area (Å²) in [5, 5.41) is 12.6. The molecule has 1 atom stereocenters. The summed E-state index contributed by atoms with van der Waals surface area (Å²) in [6, 6.07) is 0. The van der Waals surface area contributed by atoms with Gasteiger partial charge in [0.2, 0.25) is 0 Å². The summed E-state index contributed by atoms with van der Waals surface area (Å²) < 4.78 is 0.353. The van der Waals surface area contributed by atoms with E-state index in [2.05, 4.69) is 31.2 Å². The van der Waals surface area contributed by atoms with Crippen molar-refractivity contribution in [3.63, 3.8) is 0 Å². The van der Waals surface area contributed by atoms with Crippen LogP contribution in [0.15, 0.2) is 15.6 Å². The molecular weight excluding hydrogens is 274 g/mol. The lowest BCUT2D eigenvalue weighted by Gasteiger charge is -2.14. The second-order valence-electron chi connectivity index (χ2n) is 4.06. The molecule has 5 nitrogen and oxygen atoms in total. The van der Waals surface area contributed by atoms with Crippen LogP contribution in [0.5, 0.6) is 0 Å². The van der Waals surface area contributed by atoms with Gasteiger partial charge < -0.3 is 15.4 Å². The van der Waals surface area contributed by atoms with Gasteiger partial charge in [-0.05, 0) is 28.3 Å². The number of nitrogens with zero attached hydrogens (tertiary/aromatic N) is 1. The SMILES string of the molecule is CC(C)CC(O)CNc1nc[nH]c(=O)c1Br. The van der Waals surface area contributed by atoms with E-state index < -0.39 is 6.10 Å². The van der Waals surface area contributed by atoms with Crippen LogP contribution in [0.25, 0.3) is 0 Å². The Morgan fingerprint density at radius 2 is 2.31 bits per heavy atom. The van der Waals surface area contributed by atoms with Gasteiger partial charge in [0, 0.05) is 6.54 Å². The smallest absolute Gasteiger partial charge is 0.267 e. The first-order valence-electron chi connectivity index (χ1n) is 5.15. The minimum Gasteiger partial charge on any atom is -0.391 e. The second-order valence-corrected chi connectivity index (χ2v) is 4.85. The summed E-state index contributed by atoms with van der Waals surface area (Å²) in [5.41, 5.74) is -0.240. The molecule has 6 heteroatoms. The van der Waals surface area contributed by atoms with Crippen LogP contribution < -0.4 is 10.9 Å². The Hall–Kier alpha value is -0.880. The van der Waals surface area contributed by atoms with Crippen LogP contribution in [0.2, 0.25) is 0 Å². The standard InChI is InChI=1S/C10H16BrN3O2/c1-6(2)3-7(15)4-12-9-8(11)10(16)14-5-13-9/h5-7,15H,3-4H2,1-2H3,(H2,12,13,14,16). The summed E-state index contributed by atoms with van der Waals surface area (Å²) in [7, 11) is 0. The maximum atomic E-state index is 11.2. The summed E-state index contributed by atoms with van der Waals surface area (Å²) in [4.78, 5) is 17.6. The van der Waals surface area contributed by atoms with Gasteiger partial charge in [-0.1, -0.05) is 13.8 Å². The third-order valence-corrected chi connectivity index (χ3v) is 2.78. The highest BCUT2D eigenvalue weighted by molar-refractivity contribution is 9.10. The lowest BCUT2D eigenvalue weighted by Crippen LogP contribution is -2.23. The van der Waals surface area contributed by atoms with Crippen molar-refractivity contribution >= 4 is 21.7 Å². The van der Waals surface area contributed by atoms with Gasteiger partial charge in [0.15, 0.2) is 0 Å². The third kappa shape index (κ3) is 3.94. The molecule has 0 bridgehead atoms. The Kier molecular flexibility index (Phi) is 4.95. The van der Waals surface area contributed by atoms with Gasteiger partial charge in [0.05, 0.1) is 12.4 Å². The first-order chi connectivity index (χ1) is 7.50. The van der Waals surface area contributed by atoms with Gasteiger partial charge in [-0.2, -0.15) is 0 Å². The number of hydrogen-bond acceptors (Lipinski definition) is 4. The number of halogens is 1. The molecule has 3 N–H and O–H groups in total. The Labute approximate surface area is 102 Å². The van der Waals surface area contributed by atoms with Gasteiger partial charge in [0.25, 0.3) is 5.56 Å². The zero-order valence-electron chi connectivity index (χ0n) is 9.33. The number of anilines is 1. The zero-order valence-corrected chi connectivity index (χ0v) is 10.9. The van der Waals surface area contributed by atoms with Crippen molar-refractivity contribution in [3.8, 4) is 0 Å². The van der Waals surface area contributed by atoms with Crippen molar-refractivity contribution < 1.29 is 5.11 Å². The van der Waals surface area contributed by atoms with Crippen molar-refractivity contribution in [2.45, 2.75) is 26.4 Å². The lowest BCUT2D eigenvalue weighted by molar-refractivity contribution is 0.161. The van der Waals surface area contributed by atoms with E-state index in [1.807, 2.05) is 13.8 Å². The molecule has 0 amide bonds. The highest BCUT2D eigenvalue weighted by Gasteiger charge is 2.09. The van der Waals surface area contributed by atoms with E-state index in [0.717, 1.165) is 0 Å². The first-order valence-corrected chi connectivity index (χ1v) is 5.95. The van der Waals surface area contributed by atoms with Gasteiger partial charge in [-0.15, -0.1) is 0 Å². The van der Waals surface area contributed by atoms with Crippen molar-refractivity contribution in [1.82, 2.24) is 9.97 Å². The Morgan fingerprint density at radius 1 is 1.62 bits per heavy atom. The topological polar surface area (TPSA) is 78.0 Å². The molecular formula is C10H16BrN3O2. The van der Waals surface area contributed by atoms with E-state index in [1.165, 1.54) is 6.33 Å². The fourth-order valence-corrected chi connectivity index (χ4v) is 1.71. The molecule has 1 heterocycles. The van der Waals surface area contributed by atoms with Crippen molar-refractivity contribution in [1.29, 1.82) is 0 Å². The Bertz CT molecular complexity index is 392. The quantitative estimate of drug-likeness (QED) is 0.765. The minimum atomic E-state index is -0.437. The highest BCUT2D eigenvalue weighted by Crippen LogP contribution is 2.13. The molecule has 1 aromatic rings. The maximum Gasteiger partial charge on any atom is 0.267 e. The molecule has 90 valence electrons. The Morgan fingerprint density at radius 3 is 2.94 bits per heavy atom. The van der Waals surface area contributed by atoms with E-state index in [1.54, 1.807) is 0 Å². The van der Waals surface area contributed by atoms with Crippen molar-refractivity contribution in [2.75, 3.05) is 11.9 Å². The molecule has 0 spiro atoms. The van der Waals surface area contributed by atoms with Gasteiger partial charge in [0.1, 0.15) is 10.3 Å². The van der Waals surface area contributed by atoms with Crippen LogP contribution in [0.1, 0.15) is 20.3 Å². The van der Waals surface area contributed by atoms with E-state index >= 15 is 0 Å². The molecule has 1 aromatic heterocycles. The molecule has 0 saturated heterocycles. The van der Waals surface area contributed by atoms with E-state index in [-0.39, 0.29) is 5.56 Å². The zero-order chi connectivity index (χ0) is 12.1. The number of H-pyrrole nitrogens is 1. The molecule has 0 saturated carbocycles. The average Bonchev–Trinajstić information content (AvgIpc) is 2.19. The van der Waals surface area contributed by atoms with E-state index in [9.17, 15) is 9.90 Å². The number of hydrogen-bond donors (Lipinski definition) is 3. The normalized spacial score (nSPS) is 12.8. The monoisotopic (exact) mass is 289 g/mol. The predicted molar refractivity (Wildman–Crippen MR) is 66.5 cm³/mol. The molecule has 0 aliphatic heterocycles. The van der Waals surface area contributed by atoms with Crippen LogP contribution in [-0.2, 0) is 0 Å². The number of aromatic nitrogens is 2. The number of aromatic amines is 1. The summed E-state index contributed by atoms with van der Waals surface area (Å²) >= 11 is 3.13. The van der Waals surface area contributed by atoms with Crippen LogP contribution >= 0.6 is 15.9 Å². The van der Waals surface area contributed by atoms with Crippen LogP contribution in [0.3, 0.4) is 0 Å². The summed E-state index contributed by atoms with van der Waals surface area (Å²) in [5.74, 6) is 0.888. The lowest BCUT2D eigenvalue weighted by atomic mass is 10.1. The molecule has 16 heavy (non-hydrogen) atoms. The number of nitrogens with one attached hydrogen (secondary N) is 2. The maximum absolute atomic E-state index is 11.2. The predicted octanol–water partition coefficient (Wildman–Crippen LogP) is 1.35. The van der Waals surface area contributed by atoms with Crippen molar-refractivity contribution in [3.05, 3.63) is 21.2 Å². The second kappa shape index (κ2) is 6.00. The molecule has 0 radical (unpaired) electrons. The van der Waals surface area contributed by atoms with Crippen LogP contribution in [-0.4, -0.2) is 27.7 Å². The van der Waals surface area contributed by atoms with Crippen LogP contribution in [0.4, 0.5) is 5.82 Å². The number of aliphatic hydroxyl groups excluding tert-OH is 1. The fourth-order valence-electron chi connectivity index (χ4n) is 1.35. The van der Waals surface area contributed by atoms with E-state index in [4.69, 9.17) is 0 Å². The Balaban J connectivity index is 2.55. The van der Waals surface area contributed by atoms with E-state index in [0.29, 0.717) is 29.2 Å². The van der Waals surface area contributed by atoms with Gasteiger partial charge in [-0.3, -0.25) is 4.79 Å². The van der Waals surface area contributed by atoms with Gasteiger partial charge in [-0.25, -0.2) is 4.98 Å². The molecule has 0 aliphatic carbocycles. The van der Waals surface area contributed by atoms with Gasteiger partial charge >= 0.3 is 0 Å². The molecule has 1 unspecified atom stereocenters. The molecule has 1 rings (SSSR count). The minimum absolute atomic E-state index is 0.240. The third-order valence-electron chi connectivity index (χ3n) is 2.05. The van der Waals surface area contributed by atoms with Crippen LogP contribution in [0, 0.1) is 5.92 Å². The average molecular weight is 290 g/mol. The summed E-state index contributed by atoms with van der Waals surface area (Å²) in [6.45, 7) is 4.47. The van der Waals surface area contributed by atoms with Crippen molar-refractivity contribution in [2.24, 2.45) is 5.92 Å². The number of aliphatic hydroxyl groups is 1. The highest BCUT2D eigenvalue weighted by atomic mass is 79.9. The molecule has 0 fully saturated rings. The summed E-state index contributed by atoms with van der Waals surface area (Å²) in [6.07, 6.45) is 1.60. The molecule has 0 aliphatic rings.